The summed E-state index contributed by atoms with van der Waals surface area (Å²) in [4.78, 5) is 2.14. The summed E-state index contributed by atoms with van der Waals surface area (Å²) in [6.45, 7) is 1.83. The Morgan fingerprint density at radius 2 is 2.00 bits per heavy atom. The predicted octanol–water partition coefficient (Wildman–Crippen LogP) is 5.48. The van der Waals surface area contributed by atoms with Crippen molar-refractivity contribution in [3.8, 4) is 5.75 Å². The monoisotopic (exact) mass is 645 g/mol. The normalized spacial score (nSPS) is 23.9. The topological polar surface area (TPSA) is 24.5 Å². The molecular weight excluding hydrogens is 614 g/mol. The van der Waals surface area contributed by atoms with Gasteiger partial charge in [0, 0.05) is 0 Å². The van der Waals surface area contributed by atoms with E-state index in [2.05, 4.69) is 77.1 Å². The third kappa shape index (κ3) is 5.42. The molecule has 1 N–H and O–H groups in total. The first-order chi connectivity index (χ1) is 17.2. The van der Waals surface area contributed by atoms with Gasteiger partial charge in [-0.25, -0.2) is 0 Å². The Labute approximate surface area is 215 Å². The Hall–Kier alpha value is -2.36. The first-order valence-electron chi connectivity index (χ1n) is 12.2. The zero-order valence-corrected chi connectivity index (χ0v) is 22.9. The molecule has 0 amide bonds. The number of ether oxygens (including phenoxy) is 1. The van der Waals surface area contributed by atoms with E-state index in [-0.39, 0.29) is 18.5 Å². The molecule has 0 spiro atoms. The van der Waals surface area contributed by atoms with Gasteiger partial charge in [0.1, 0.15) is 0 Å². The van der Waals surface area contributed by atoms with Crippen molar-refractivity contribution in [2.24, 2.45) is 5.92 Å². The van der Waals surface area contributed by atoms with Crippen LogP contribution in [0.2, 0.25) is 0 Å². The van der Waals surface area contributed by atoms with E-state index in [1.54, 1.807) is 7.11 Å². The second-order valence-electron chi connectivity index (χ2n) is 9.58. The SMILES string of the molecule is COc1ccc2c(c1)CCC(c1ccccc1)C2C1=CN/C(=C\[C](CN2CC(CF)C2)=[W][F])C=C1. The summed E-state index contributed by atoms with van der Waals surface area (Å²) in [6.07, 6.45) is 10.4. The van der Waals surface area contributed by atoms with Crippen molar-refractivity contribution >= 4 is 3.90 Å². The van der Waals surface area contributed by atoms with Crippen LogP contribution < -0.4 is 10.1 Å². The average molecular weight is 645 g/mol. The number of allylic oxidation sites excluding steroid dienone is 3. The number of methoxy groups -OCH3 is 1. The molecule has 35 heavy (non-hydrogen) atoms. The molecule has 0 saturated carbocycles. The summed E-state index contributed by atoms with van der Waals surface area (Å²) >= 11 is -2.04. The molecule has 3 nitrogen and oxygen atoms in total. The molecule has 0 bridgehead atoms. The summed E-state index contributed by atoms with van der Waals surface area (Å²) in [5, 5.41) is 3.43. The zero-order valence-electron chi connectivity index (χ0n) is 19.9. The summed E-state index contributed by atoms with van der Waals surface area (Å²) < 4.78 is 32.9. The Morgan fingerprint density at radius 3 is 2.69 bits per heavy atom. The van der Waals surface area contributed by atoms with Crippen LogP contribution in [0, 0.1) is 5.92 Å². The number of halogens is 2. The van der Waals surface area contributed by atoms with Gasteiger partial charge in [-0.2, -0.15) is 0 Å². The number of hydrogen-bond acceptors (Lipinski definition) is 3. The van der Waals surface area contributed by atoms with Crippen molar-refractivity contribution in [2.75, 3.05) is 33.4 Å². The summed E-state index contributed by atoms with van der Waals surface area (Å²) in [5.41, 5.74) is 6.21. The van der Waals surface area contributed by atoms with E-state index in [0.29, 0.717) is 12.5 Å². The van der Waals surface area contributed by atoms with Crippen LogP contribution in [0.5, 0.6) is 5.75 Å². The van der Waals surface area contributed by atoms with Crippen LogP contribution in [-0.2, 0) is 25.0 Å². The minimum absolute atomic E-state index is 0.127. The van der Waals surface area contributed by atoms with Crippen molar-refractivity contribution in [3.63, 3.8) is 0 Å². The predicted molar refractivity (Wildman–Crippen MR) is 134 cm³/mol. The number of hydrogen-bond donors (Lipinski definition) is 1. The molecule has 1 aliphatic carbocycles. The maximum atomic E-state index is 13.9. The first kappa shape index (κ1) is 24.3. The van der Waals surface area contributed by atoms with Gasteiger partial charge in [0.05, 0.1) is 7.11 Å². The molecule has 2 aromatic carbocycles. The fraction of sp³-hybridized carbons (Fsp3) is 0.345. The maximum absolute atomic E-state index is 13.9. The zero-order chi connectivity index (χ0) is 24.2. The van der Waals surface area contributed by atoms with E-state index in [0.717, 1.165) is 41.3 Å². The number of benzene rings is 2. The second kappa shape index (κ2) is 11.1. The van der Waals surface area contributed by atoms with Crippen LogP contribution >= 0.6 is 0 Å². The van der Waals surface area contributed by atoms with Crippen LogP contribution in [0.1, 0.15) is 34.9 Å². The summed E-state index contributed by atoms with van der Waals surface area (Å²) in [7, 11) is 1.71. The fourth-order valence-electron chi connectivity index (χ4n) is 5.52. The summed E-state index contributed by atoms with van der Waals surface area (Å²) in [6, 6.07) is 17.2. The molecule has 6 heteroatoms. The third-order valence-electron chi connectivity index (χ3n) is 7.31. The fourth-order valence-corrected chi connectivity index (χ4v) is 6.96. The van der Waals surface area contributed by atoms with Crippen LogP contribution in [-0.4, -0.2) is 42.2 Å². The van der Waals surface area contributed by atoms with Gasteiger partial charge in [0.15, 0.2) is 0 Å². The molecule has 3 aliphatic rings. The summed E-state index contributed by atoms with van der Waals surface area (Å²) in [5.74, 6) is 1.65. The van der Waals surface area contributed by atoms with Crippen LogP contribution in [0.3, 0.4) is 0 Å². The van der Waals surface area contributed by atoms with Gasteiger partial charge < -0.3 is 0 Å². The number of fused-ring (bicyclic) bond motifs is 1. The Balaban J connectivity index is 1.38. The quantitative estimate of drug-likeness (QED) is 0.432. The van der Waals surface area contributed by atoms with E-state index >= 15 is 0 Å². The Kier molecular flexibility index (Phi) is 7.74. The van der Waals surface area contributed by atoms with Crippen molar-refractivity contribution in [1.29, 1.82) is 0 Å². The Morgan fingerprint density at radius 1 is 1.17 bits per heavy atom. The van der Waals surface area contributed by atoms with E-state index in [4.69, 9.17) is 4.74 Å². The molecule has 2 heterocycles. The van der Waals surface area contributed by atoms with E-state index in [9.17, 15) is 7.55 Å². The standard InChI is InChI=1S/C29H31FN2O.FH.W/c1-33-26-12-14-28-23(16-26)10-13-27(22-6-3-2-4-7-22)29(28)24-9-11-25(31-18-24)8-5-15-32-19-21(17-30)20-32;;/h2-4,6-9,11-12,14,16,18,21,27,29,31H,10,13,15,17,19-20H2,1H3;1H;/q;;+1/p-1/b25-8-;;. The van der Waals surface area contributed by atoms with Crippen molar-refractivity contribution < 1.29 is 30.9 Å². The number of rotatable bonds is 7. The average Bonchev–Trinajstić information content (AvgIpc) is 2.89. The number of likely N-dealkylation sites (tertiary alicyclic amines) is 1. The number of nitrogens with zero attached hydrogens (tertiary/aromatic N) is 1. The number of aryl methyl sites for hydroxylation is 1. The van der Waals surface area contributed by atoms with E-state index in [1.165, 1.54) is 22.3 Å². The van der Waals surface area contributed by atoms with Crippen molar-refractivity contribution in [3.05, 3.63) is 101 Å². The molecule has 2 unspecified atom stereocenters. The van der Waals surface area contributed by atoms with Crippen molar-refractivity contribution in [1.82, 2.24) is 10.2 Å². The van der Waals surface area contributed by atoms with Gasteiger partial charge in [-0.05, 0) is 0 Å². The third-order valence-corrected chi connectivity index (χ3v) is 8.91. The van der Waals surface area contributed by atoms with Crippen LogP contribution in [0.25, 0.3) is 0 Å². The van der Waals surface area contributed by atoms with E-state index < -0.39 is 18.6 Å². The molecule has 0 aromatic heterocycles. The number of nitrogens with one attached hydrogen (secondary N) is 1. The van der Waals surface area contributed by atoms with Gasteiger partial charge in [-0.3, -0.25) is 0 Å². The van der Waals surface area contributed by atoms with Gasteiger partial charge in [0.2, 0.25) is 0 Å². The van der Waals surface area contributed by atoms with Gasteiger partial charge in [0.25, 0.3) is 0 Å². The van der Waals surface area contributed by atoms with Gasteiger partial charge in [-0.15, -0.1) is 0 Å². The number of alkyl halides is 1. The molecule has 0 radical (unpaired) electrons. The molecule has 2 atom stereocenters. The molecular formula is C29H31F2N2OW. The van der Waals surface area contributed by atoms with Gasteiger partial charge >= 0.3 is 209 Å². The van der Waals surface area contributed by atoms with Crippen molar-refractivity contribution in [2.45, 2.75) is 24.7 Å². The molecule has 5 rings (SSSR count). The molecule has 183 valence electrons. The Bertz CT molecular complexity index is 1170. The van der Waals surface area contributed by atoms with E-state index in [1.807, 2.05) is 6.08 Å². The molecule has 1 fully saturated rings. The minimum atomic E-state index is -2.04. The number of dihydropyridines is 1. The van der Waals surface area contributed by atoms with Gasteiger partial charge in [-0.1, -0.05) is 0 Å². The molecule has 1 saturated heterocycles. The first-order valence-corrected chi connectivity index (χ1v) is 14.8. The van der Waals surface area contributed by atoms with Crippen LogP contribution in [0.4, 0.5) is 7.55 Å². The molecule has 2 aliphatic heterocycles. The van der Waals surface area contributed by atoms with Crippen LogP contribution in [0.15, 0.2) is 84.2 Å². The second-order valence-corrected chi connectivity index (χ2v) is 12.0. The molecule has 2 aromatic rings.